The predicted molar refractivity (Wildman–Crippen MR) is 413 cm³/mol. The number of anilines is 4. The molecule has 3 aromatic heterocycles. The van der Waals surface area contributed by atoms with Crippen LogP contribution in [0.25, 0.3) is 82.9 Å². The second kappa shape index (κ2) is 25.2. The minimum absolute atomic E-state index is 0. The third-order valence-corrected chi connectivity index (χ3v) is 20.0. The van der Waals surface area contributed by atoms with Crippen LogP contribution in [0.15, 0.2) is 168 Å². The summed E-state index contributed by atoms with van der Waals surface area (Å²) in [5.74, 6) is 2.28. The summed E-state index contributed by atoms with van der Waals surface area (Å²) in [7, 11) is 0. The molecule has 12 aromatic rings. The molecule has 8 heteroatoms. The molecule has 1 aliphatic rings. The molecule has 0 amide bonds. The molecule has 0 aliphatic carbocycles. The summed E-state index contributed by atoms with van der Waals surface area (Å²) in [6.07, 6.45) is 1.90. The van der Waals surface area contributed by atoms with Crippen LogP contribution in [-0.2, 0) is 53.6 Å². The maximum absolute atomic E-state index is 9.97. The number of furan rings is 1. The molecule has 510 valence electrons. The van der Waals surface area contributed by atoms with E-state index in [1.807, 2.05) is 30.5 Å². The van der Waals surface area contributed by atoms with E-state index in [4.69, 9.17) is 14.1 Å². The van der Waals surface area contributed by atoms with Gasteiger partial charge in [0.2, 0.25) is 0 Å². The van der Waals surface area contributed by atoms with Crippen molar-refractivity contribution in [3.8, 4) is 56.8 Å². The third kappa shape index (κ3) is 13.2. The van der Waals surface area contributed by atoms with E-state index in [2.05, 4.69) is 325 Å². The molecule has 0 N–H and O–H groups in total. The van der Waals surface area contributed by atoms with Crippen LogP contribution in [-0.4, -0.2) is 9.55 Å². The first kappa shape index (κ1) is 70.2. The summed E-state index contributed by atoms with van der Waals surface area (Å²) in [5.41, 5.74) is 24.0. The first-order valence-corrected chi connectivity index (χ1v) is 35.1. The van der Waals surface area contributed by atoms with Crippen LogP contribution in [0, 0.1) is 30.1 Å². The molecule has 0 fully saturated rings. The van der Waals surface area contributed by atoms with Crippen molar-refractivity contribution in [2.45, 2.75) is 197 Å². The van der Waals surface area contributed by atoms with Crippen LogP contribution in [0.3, 0.4) is 0 Å². The normalized spacial score (nSPS) is 13.4. The Hall–Kier alpha value is -8.69. The Morgan fingerprint density at radius 3 is 1.54 bits per heavy atom. The van der Waals surface area contributed by atoms with E-state index in [9.17, 15) is 5.26 Å². The molecule has 1 aliphatic heterocycles. The Morgan fingerprint density at radius 1 is 0.485 bits per heavy atom. The van der Waals surface area contributed by atoms with Gasteiger partial charge in [0.1, 0.15) is 17.0 Å². The van der Waals surface area contributed by atoms with Gasteiger partial charge in [-0.15, -0.1) is 48.3 Å². The maximum Gasteiger partial charge on any atom is 0.135 e. The maximum atomic E-state index is 9.97. The monoisotopic (exact) mass is 1490 g/mol. The minimum atomic E-state index is -0.200. The van der Waals surface area contributed by atoms with Crippen molar-refractivity contribution < 1.29 is 30.2 Å². The van der Waals surface area contributed by atoms with Crippen molar-refractivity contribution in [2.75, 3.05) is 9.80 Å². The molecule has 13 rings (SSSR count). The Kier molecular flexibility index (Phi) is 17.9. The standard InChI is InChI=1S/C91H96N5O2.Pt/c1-54(2)69-26-25-27-70(55(3)4)82(69)59-43-66(50-68(44-59)97-67-31-32-72-79(51-67)96(81-49-60(36-37-93-81)86(5,6)7)78-34-33-71-75-38-56(52-92)30-35-80(75)98-85(71)83(72)78)94-53-95(77-29-24-23-28-76(77)94)84-73(57-39-61(87(8,9)10)45-62(40-57)88(11,12)13)47-65(91(20,21)22)48-74(84)58-41-63(89(14,15)16)46-64(42-58)90(17,18)19;/h23-49,53-55H,1-22H3;/q-3;. The first-order valence-electron chi connectivity index (χ1n) is 35.1. The molecule has 0 unspecified atom stereocenters. The van der Waals surface area contributed by atoms with Crippen molar-refractivity contribution in [1.82, 2.24) is 9.55 Å². The number of nitrogens with zero attached hydrogens (tertiary/aromatic N) is 5. The van der Waals surface area contributed by atoms with Gasteiger partial charge >= 0.3 is 0 Å². The number of nitriles is 1. The molecule has 4 heterocycles. The number of pyridine rings is 1. The molecule has 0 atom stereocenters. The van der Waals surface area contributed by atoms with Crippen LogP contribution < -0.4 is 14.5 Å². The van der Waals surface area contributed by atoms with E-state index in [-0.39, 0.29) is 65.4 Å². The number of aromatic nitrogens is 2. The molecular formula is C91H96N5O2Pt-3. The number of fused-ring (bicyclic) bond motifs is 8. The molecule has 99 heavy (non-hydrogen) atoms. The zero-order chi connectivity index (χ0) is 70.2. The average Bonchev–Trinajstić information content (AvgIpc) is 1.60. The van der Waals surface area contributed by atoms with Crippen molar-refractivity contribution in [3.63, 3.8) is 0 Å². The van der Waals surface area contributed by atoms with Crippen LogP contribution in [0.5, 0.6) is 11.5 Å². The molecule has 7 nitrogen and oxygen atoms in total. The molecule has 0 saturated heterocycles. The summed E-state index contributed by atoms with van der Waals surface area (Å²) in [4.78, 5) is 9.88. The molecule has 9 aromatic carbocycles. The molecule has 0 spiro atoms. The van der Waals surface area contributed by atoms with E-state index in [0.29, 0.717) is 17.1 Å². The largest absolute Gasteiger partial charge is 0.509 e. The second-order valence-electron chi connectivity index (χ2n) is 34.3. The summed E-state index contributed by atoms with van der Waals surface area (Å²) in [6, 6.07) is 68.3. The molecule has 0 bridgehead atoms. The van der Waals surface area contributed by atoms with E-state index in [1.54, 1.807) is 0 Å². The zero-order valence-electron chi connectivity index (χ0n) is 62.2. The number of rotatable bonds is 10. The quantitative estimate of drug-likeness (QED) is 0.127. The van der Waals surface area contributed by atoms with Crippen LogP contribution in [0.2, 0.25) is 0 Å². The molecule has 0 saturated carbocycles. The smallest absolute Gasteiger partial charge is 0.135 e. The van der Waals surface area contributed by atoms with Gasteiger partial charge in [-0.3, -0.25) is 0 Å². The van der Waals surface area contributed by atoms with E-state index >= 15 is 0 Å². The van der Waals surface area contributed by atoms with Crippen molar-refractivity contribution in [2.24, 2.45) is 0 Å². The van der Waals surface area contributed by atoms with Crippen molar-refractivity contribution in [3.05, 3.63) is 233 Å². The zero-order valence-corrected chi connectivity index (χ0v) is 64.5. The fourth-order valence-electron chi connectivity index (χ4n) is 14.0. The van der Waals surface area contributed by atoms with Gasteiger partial charge in [0.15, 0.2) is 0 Å². The van der Waals surface area contributed by atoms with Gasteiger partial charge < -0.3 is 23.5 Å². The second-order valence-corrected chi connectivity index (χ2v) is 34.3. The fraction of sp³-hybridized carbons (Fsp3) is 0.330. The van der Waals surface area contributed by atoms with Gasteiger partial charge in [-0.05, 0) is 178 Å². The number of benzene rings is 9. The van der Waals surface area contributed by atoms with Crippen LogP contribution >= 0.6 is 0 Å². The van der Waals surface area contributed by atoms with Crippen LogP contribution in [0.4, 0.5) is 22.7 Å². The number of hydrogen-bond acceptors (Lipinski definition) is 6. The van der Waals surface area contributed by atoms with E-state index in [1.165, 1.54) is 66.8 Å². The predicted octanol–water partition coefficient (Wildman–Crippen LogP) is 25.8. The van der Waals surface area contributed by atoms with Crippen molar-refractivity contribution in [1.29, 1.82) is 5.26 Å². The third-order valence-electron chi connectivity index (χ3n) is 20.0. The van der Waals surface area contributed by atoms with Gasteiger partial charge in [0.25, 0.3) is 0 Å². The SMILES string of the molecule is CC(C)c1cccc(C(C)C)c1-c1cc(Oc2[c-]c3c(cc2)c2c4oc5ccc(C#N)cc5c4ccc2n3-c2cc(C(C)(C)C)ccn2)[c-]c(N2[CH-]N(c3c(-c4cc(C(C)(C)C)cc(C(C)(C)C)c4)cc(C(C)(C)C)cc3-c3cc(C(C)(C)C)cc(C(C)(C)C)c3)c3ccccc32)c1.[Pt]. The van der Waals surface area contributed by atoms with Gasteiger partial charge in [0, 0.05) is 83.2 Å². The average molecular weight is 1490 g/mol. The fourth-order valence-corrected chi connectivity index (χ4v) is 14.0. The molecular weight excluding hydrogens is 1390 g/mol. The van der Waals surface area contributed by atoms with Gasteiger partial charge in [0.05, 0.1) is 11.6 Å². The topological polar surface area (TPSA) is 70.5 Å². The molecule has 0 radical (unpaired) electrons. The summed E-state index contributed by atoms with van der Waals surface area (Å²) >= 11 is 0. The summed E-state index contributed by atoms with van der Waals surface area (Å²) in [6.45, 7) is 53.3. The number of para-hydroxylation sites is 2. The van der Waals surface area contributed by atoms with E-state index < -0.39 is 0 Å². The Balaban J connectivity index is 0.00000931. The van der Waals surface area contributed by atoms with Gasteiger partial charge in [-0.1, -0.05) is 230 Å². The minimum Gasteiger partial charge on any atom is -0.509 e. The Morgan fingerprint density at radius 2 is 1.01 bits per heavy atom. The number of ether oxygens (including phenoxy) is 1. The summed E-state index contributed by atoms with van der Waals surface area (Å²) in [5, 5.41) is 13.7. The van der Waals surface area contributed by atoms with Crippen LogP contribution in [0.1, 0.15) is 214 Å². The van der Waals surface area contributed by atoms with E-state index in [0.717, 1.165) is 83.4 Å². The van der Waals surface area contributed by atoms with Crippen molar-refractivity contribution >= 4 is 66.5 Å². The first-order chi connectivity index (χ1) is 45.9. The number of hydrogen-bond donors (Lipinski definition) is 0. The van der Waals surface area contributed by atoms with Gasteiger partial charge in [-0.2, -0.15) is 11.3 Å². The van der Waals surface area contributed by atoms with Gasteiger partial charge in [-0.25, -0.2) is 4.98 Å². The Labute approximate surface area is 603 Å². The Bertz CT molecular complexity index is 5010. The summed E-state index contributed by atoms with van der Waals surface area (Å²) < 4.78 is 16.4.